The van der Waals surface area contributed by atoms with Crippen LogP contribution in [0.15, 0.2) is 0 Å². The summed E-state index contributed by atoms with van der Waals surface area (Å²) in [4.78, 5) is 14.1. The molecule has 0 saturated carbocycles. The maximum atomic E-state index is 12.2. The number of amides is 1. The normalized spacial score (nSPS) is 23.7. The summed E-state index contributed by atoms with van der Waals surface area (Å²) in [6, 6.07) is 1.32. The van der Waals surface area contributed by atoms with Crippen LogP contribution in [0.5, 0.6) is 0 Å². The molecule has 1 saturated heterocycles. The van der Waals surface area contributed by atoms with Gasteiger partial charge in [-0.1, -0.05) is 32.6 Å². The molecule has 0 aromatic rings. The zero-order valence-corrected chi connectivity index (χ0v) is 16.2. The number of likely N-dealkylation sites (tertiary alicyclic amines) is 1. The predicted molar refractivity (Wildman–Crippen MR) is 96.8 cm³/mol. The highest BCUT2D eigenvalue weighted by Crippen LogP contribution is 2.21. The van der Waals surface area contributed by atoms with Crippen molar-refractivity contribution in [2.75, 3.05) is 6.54 Å². The summed E-state index contributed by atoms with van der Waals surface area (Å²) in [6.07, 6.45) is 8.41. The van der Waals surface area contributed by atoms with Crippen LogP contribution in [0.2, 0.25) is 0 Å². The van der Waals surface area contributed by atoms with Gasteiger partial charge in [-0.15, -0.1) is 0 Å². The van der Waals surface area contributed by atoms with E-state index < -0.39 is 5.60 Å². The van der Waals surface area contributed by atoms with Gasteiger partial charge in [-0.05, 0) is 53.9 Å². The van der Waals surface area contributed by atoms with E-state index in [0.29, 0.717) is 12.1 Å². The van der Waals surface area contributed by atoms with Gasteiger partial charge >= 0.3 is 6.09 Å². The predicted octanol–water partition coefficient (Wildman–Crippen LogP) is 4.72. The van der Waals surface area contributed by atoms with Crippen LogP contribution in [0.1, 0.15) is 86.5 Å². The van der Waals surface area contributed by atoms with Gasteiger partial charge in [-0.3, -0.25) is 0 Å². The highest BCUT2D eigenvalue weighted by atomic mass is 16.6. The number of carbonyl (C=O) groups excluding carboxylic acids is 1. The number of rotatable bonds is 7. The maximum absolute atomic E-state index is 12.2. The van der Waals surface area contributed by atoms with Crippen molar-refractivity contribution in [3.8, 4) is 0 Å². The number of piperidine rings is 1. The standard InChI is InChI=1S/C19H38N2O2/c1-7-8-9-10-11-15(2)20-17-12-13-21(16(3)14-17)18(22)23-19(4,5)6/h15-17,20H,7-14H2,1-6H3. The van der Waals surface area contributed by atoms with Crippen molar-refractivity contribution < 1.29 is 9.53 Å². The number of hydrogen-bond donors (Lipinski definition) is 1. The Morgan fingerprint density at radius 3 is 2.57 bits per heavy atom. The number of carbonyl (C=O) groups is 1. The van der Waals surface area contributed by atoms with Crippen LogP contribution in [0, 0.1) is 0 Å². The lowest BCUT2D eigenvalue weighted by Gasteiger charge is -2.39. The summed E-state index contributed by atoms with van der Waals surface area (Å²) in [7, 11) is 0. The van der Waals surface area contributed by atoms with Gasteiger partial charge < -0.3 is 15.0 Å². The lowest BCUT2D eigenvalue weighted by molar-refractivity contribution is 0.00903. The molecule has 1 heterocycles. The Kier molecular flexibility index (Phi) is 8.38. The van der Waals surface area contributed by atoms with Crippen molar-refractivity contribution in [2.24, 2.45) is 0 Å². The summed E-state index contributed by atoms with van der Waals surface area (Å²) < 4.78 is 5.51. The van der Waals surface area contributed by atoms with Crippen LogP contribution in [-0.2, 0) is 4.74 Å². The fraction of sp³-hybridized carbons (Fsp3) is 0.947. The van der Waals surface area contributed by atoms with E-state index >= 15 is 0 Å². The molecule has 23 heavy (non-hydrogen) atoms. The number of hydrogen-bond acceptors (Lipinski definition) is 3. The largest absolute Gasteiger partial charge is 0.444 e. The van der Waals surface area contributed by atoms with Gasteiger partial charge in [0, 0.05) is 24.7 Å². The second kappa shape index (κ2) is 9.51. The van der Waals surface area contributed by atoms with Crippen LogP contribution in [0.4, 0.5) is 4.79 Å². The van der Waals surface area contributed by atoms with E-state index in [1.54, 1.807) is 0 Å². The fourth-order valence-corrected chi connectivity index (χ4v) is 3.28. The Bertz CT molecular complexity index is 352. The molecule has 0 bridgehead atoms. The molecule has 0 spiro atoms. The highest BCUT2D eigenvalue weighted by molar-refractivity contribution is 5.68. The zero-order chi connectivity index (χ0) is 17.5. The highest BCUT2D eigenvalue weighted by Gasteiger charge is 2.31. The topological polar surface area (TPSA) is 41.6 Å². The van der Waals surface area contributed by atoms with Gasteiger partial charge in [0.2, 0.25) is 0 Å². The Hall–Kier alpha value is -0.770. The minimum Gasteiger partial charge on any atom is -0.444 e. The SMILES string of the molecule is CCCCCCC(C)NC1CCN(C(=O)OC(C)(C)C)C(C)C1. The minimum atomic E-state index is -0.418. The first kappa shape index (κ1) is 20.3. The Labute approximate surface area is 143 Å². The first-order chi connectivity index (χ1) is 10.7. The van der Waals surface area contributed by atoms with Gasteiger partial charge in [0.15, 0.2) is 0 Å². The molecule has 0 aromatic heterocycles. The third kappa shape index (κ3) is 8.05. The summed E-state index contributed by atoms with van der Waals surface area (Å²) >= 11 is 0. The van der Waals surface area contributed by atoms with Gasteiger partial charge in [-0.2, -0.15) is 0 Å². The third-order valence-corrected chi connectivity index (χ3v) is 4.52. The van der Waals surface area contributed by atoms with E-state index in [1.807, 2.05) is 25.7 Å². The van der Waals surface area contributed by atoms with Crippen molar-refractivity contribution in [1.29, 1.82) is 0 Å². The van der Waals surface area contributed by atoms with Crippen molar-refractivity contribution in [3.63, 3.8) is 0 Å². The molecule has 1 aliphatic heterocycles. The molecule has 1 amide bonds. The quantitative estimate of drug-likeness (QED) is 0.688. The van der Waals surface area contributed by atoms with Crippen molar-refractivity contribution >= 4 is 6.09 Å². The molecule has 3 unspecified atom stereocenters. The van der Waals surface area contributed by atoms with Gasteiger partial charge in [-0.25, -0.2) is 4.79 Å². The Morgan fingerprint density at radius 2 is 2.00 bits per heavy atom. The van der Waals surface area contributed by atoms with E-state index in [9.17, 15) is 4.79 Å². The maximum Gasteiger partial charge on any atom is 0.410 e. The van der Waals surface area contributed by atoms with Crippen molar-refractivity contribution in [3.05, 3.63) is 0 Å². The molecule has 136 valence electrons. The fourth-order valence-electron chi connectivity index (χ4n) is 3.28. The van der Waals surface area contributed by atoms with E-state index in [4.69, 9.17) is 4.74 Å². The van der Waals surface area contributed by atoms with Crippen molar-refractivity contribution in [1.82, 2.24) is 10.2 Å². The molecule has 0 aromatic carbocycles. The second-order valence-electron chi connectivity index (χ2n) is 8.16. The van der Waals surface area contributed by atoms with Gasteiger partial charge in [0.25, 0.3) is 0 Å². The molecule has 1 N–H and O–H groups in total. The molecule has 3 atom stereocenters. The number of nitrogens with zero attached hydrogens (tertiary/aromatic N) is 1. The second-order valence-corrected chi connectivity index (χ2v) is 8.16. The molecule has 0 radical (unpaired) electrons. The lowest BCUT2D eigenvalue weighted by Crippen LogP contribution is -2.52. The third-order valence-electron chi connectivity index (χ3n) is 4.52. The molecule has 1 fully saturated rings. The molecular formula is C19H38N2O2. The molecule has 0 aliphatic carbocycles. The summed E-state index contributed by atoms with van der Waals surface area (Å²) in [5.74, 6) is 0. The monoisotopic (exact) mass is 326 g/mol. The van der Waals surface area contributed by atoms with Crippen LogP contribution < -0.4 is 5.32 Å². The van der Waals surface area contributed by atoms with Gasteiger partial charge in [0.1, 0.15) is 5.60 Å². The van der Waals surface area contributed by atoms with Crippen LogP contribution >= 0.6 is 0 Å². The zero-order valence-electron chi connectivity index (χ0n) is 16.2. The molecule has 4 heteroatoms. The first-order valence-corrected chi connectivity index (χ1v) is 9.48. The molecule has 1 aliphatic rings. The van der Waals surface area contributed by atoms with Crippen LogP contribution in [0.25, 0.3) is 0 Å². The molecule has 1 rings (SSSR count). The van der Waals surface area contributed by atoms with E-state index in [2.05, 4.69) is 26.1 Å². The summed E-state index contributed by atoms with van der Waals surface area (Å²) in [5.41, 5.74) is -0.418. The van der Waals surface area contributed by atoms with E-state index in [1.165, 1.54) is 32.1 Å². The smallest absolute Gasteiger partial charge is 0.410 e. The number of nitrogens with one attached hydrogen (secondary N) is 1. The summed E-state index contributed by atoms with van der Waals surface area (Å²) in [5, 5.41) is 3.76. The minimum absolute atomic E-state index is 0.170. The lowest BCUT2D eigenvalue weighted by atomic mass is 9.97. The Morgan fingerprint density at radius 1 is 1.30 bits per heavy atom. The van der Waals surface area contributed by atoms with Gasteiger partial charge in [0.05, 0.1) is 0 Å². The van der Waals surface area contributed by atoms with E-state index in [-0.39, 0.29) is 12.1 Å². The molecular weight excluding hydrogens is 288 g/mol. The number of unbranched alkanes of at least 4 members (excludes halogenated alkanes) is 3. The Balaban J connectivity index is 2.33. The average molecular weight is 327 g/mol. The van der Waals surface area contributed by atoms with Crippen molar-refractivity contribution in [2.45, 2.75) is 110 Å². The van der Waals surface area contributed by atoms with E-state index in [0.717, 1.165) is 19.4 Å². The first-order valence-electron chi connectivity index (χ1n) is 9.48. The average Bonchev–Trinajstić information content (AvgIpc) is 2.41. The van der Waals surface area contributed by atoms with Crippen LogP contribution in [-0.4, -0.2) is 41.3 Å². The number of ether oxygens (including phenoxy) is 1. The molecule has 4 nitrogen and oxygen atoms in total. The van der Waals surface area contributed by atoms with Crippen LogP contribution in [0.3, 0.4) is 0 Å². The summed E-state index contributed by atoms with van der Waals surface area (Å²) in [6.45, 7) is 13.2.